The van der Waals surface area contributed by atoms with Crippen molar-refractivity contribution in [3.05, 3.63) is 12.2 Å². The number of alkyl halides is 6. The van der Waals surface area contributed by atoms with Gasteiger partial charge in [-0.25, -0.2) is 0 Å². The molecule has 0 aliphatic heterocycles. The number of hydrogen-bond donors (Lipinski definition) is 0. The van der Waals surface area contributed by atoms with Crippen LogP contribution in [0.25, 0.3) is 0 Å². The molecule has 0 N–H and O–H groups in total. The molecule has 6 unspecified atom stereocenters. The highest BCUT2D eigenvalue weighted by Crippen LogP contribution is 2.83. The summed E-state index contributed by atoms with van der Waals surface area (Å²) >= 11 is 37.8. The molecule has 0 saturated heterocycles. The van der Waals surface area contributed by atoms with Crippen LogP contribution in [-0.2, 0) is 0 Å². The van der Waals surface area contributed by atoms with E-state index in [1.165, 1.54) is 0 Å². The van der Waals surface area contributed by atoms with Crippen molar-refractivity contribution in [1.82, 2.24) is 0 Å². The minimum atomic E-state index is -0.769. The molecule has 6 heteroatoms. The third kappa shape index (κ3) is 1.31. The van der Waals surface area contributed by atoms with E-state index in [1.807, 2.05) is 12.2 Å². The summed E-state index contributed by atoms with van der Waals surface area (Å²) in [6.45, 7) is 0. The van der Waals surface area contributed by atoms with E-state index in [9.17, 15) is 0 Å². The molecule has 0 nitrogen and oxygen atoms in total. The number of allylic oxidation sites excluding steroid dienone is 2. The van der Waals surface area contributed by atoms with Gasteiger partial charge in [0.1, 0.15) is 13.0 Å². The van der Waals surface area contributed by atoms with Gasteiger partial charge in [0.25, 0.3) is 0 Å². The summed E-state index contributed by atoms with van der Waals surface area (Å²) in [7, 11) is 0. The molecular formula is C11H8Cl6. The second-order valence-electron chi connectivity index (χ2n) is 5.56. The number of rotatable bonds is 0. The zero-order valence-corrected chi connectivity index (χ0v) is 12.9. The van der Waals surface area contributed by atoms with Crippen molar-refractivity contribution in [3.63, 3.8) is 0 Å². The third-order valence-electron chi connectivity index (χ3n) is 4.80. The van der Waals surface area contributed by atoms with Crippen molar-refractivity contribution >= 4 is 69.6 Å². The standard InChI is InChI=1S/C11H8Cl6/c12-9(13)3-1-2-4-6(10(4,14)15)8-7(5(3)9)11(8,16)17/h1-8H/b2-1-. The summed E-state index contributed by atoms with van der Waals surface area (Å²) in [5.41, 5.74) is 0. The zero-order valence-electron chi connectivity index (χ0n) is 8.39. The summed E-state index contributed by atoms with van der Waals surface area (Å²) in [6, 6.07) is 0. The average molecular weight is 353 g/mol. The topological polar surface area (TPSA) is 0 Å². The first-order valence-electron chi connectivity index (χ1n) is 5.53. The molecule has 17 heavy (non-hydrogen) atoms. The first-order valence-corrected chi connectivity index (χ1v) is 7.80. The van der Waals surface area contributed by atoms with Crippen molar-refractivity contribution in [3.8, 4) is 0 Å². The molecule has 0 radical (unpaired) electrons. The Labute approximate surface area is 129 Å². The van der Waals surface area contributed by atoms with E-state index in [0.717, 1.165) is 0 Å². The SMILES string of the molecule is ClC1(Cl)C2/C=C\C3C(C4C(C21)C4(Cl)Cl)C3(Cl)Cl. The first-order chi connectivity index (χ1) is 7.72. The minimum Gasteiger partial charge on any atom is -0.101 e. The molecule has 0 bridgehead atoms. The van der Waals surface area contributed by atoms with Gasteiger partial charge in [0.15, 0.2) is 0 Å². The fourth-order valence-electron chi connectivity index (χ4n) is 3.71. The number of hydrogen-bond acceptors (Lipinski definition) is 0. The van der Waals surface area contributed by atoms with Crippen LogP contribution in [0.15, 0.2) is 12.2 Å². The van der Waals surface area contributed by atoms with E-state index in [2.05, 4.69) is 0 Å². The molecule has 0 heterocycles. The fraction of sp³-hybridized carbons (Fsp3) is 0.818. The largest absolute Gasteiger partial charge is 0.128 e. The van der Waals surface area contributed by atoms with Crippen LogP contribution in [-0.4, -0.2) is 13.0 Å². The molecular weight excluding hydrogens is 345 g/mol. The van der Waals surface area contributed by atoms with Crippen LogP contribution in [0, 0.1) is 35.5 Å². The van der Waals surface area contributed by atoms with Crippen LogP contribution in [0.1, 0.15) is 0 Å². The van der Waals surface area contributed by atoms with Gasteiger partial charge in [0, 0.05) is 35.5 Å². The second-order valence-corrected chi connectivity index (χ2v) is 9.90. The summed E-state index contributed by atoms with van der Waals surface area (Å²) in [5.74, 6) is 0.748. The molecule has 0 aromatic carbocycles. The van der Waals surface area contributed by atoms with Crippen molar-refractivity contribution in [2.45, 2.75) is 13.0 Å². The zero-order chi connectivity index (χ0) is 12.4. The Kier molecular flexibility index (Phi) is 2.19. The molecule has 0 aromatic rings. The van der Waals surface area contributed by atoms with Crippen LogP contribution in [0.2, 0.25) is 0 Å². The highest BCUT2D eigenvalue weighted by atomic mass is 35.5. The predicted octanol–water partition coefficient (Wildman–Crippen LogP) is 4.82. The van der Waals surface area contributed by atoms with Crippen molar-refractivity contribution in [2.24, 2.45) is 35.5 Å². The van der Waals surface area contributed by atoms with E-state index >= 15 is 0 Å². The van der Waals surface area contributed by atoms with Gasteiger partial charge in [-0.2, -0.15) is 0 Å². The Morgan fingerprint density at radius 3 is 1.24 bits per heavy atom. The molecule has 4 aliphatic carbocycles. The Hall–Kier alpha value is 1.48. The third-order valence-corrected chi connectivity index (χ3v) is 7.82. The molecule has 6 atom stereocenters. The van der Waals surface area contributed by atoms with Gasteiger partial charge in [-0.1, -0.05) is 12.2 Å². The van der Waals surface area contributed by atoms with Crippen LogP contribution >= 0.6 is 69.6 Å². The lowest BCUT2D eigenvalue weighted by molar-refractivity contribution is 0.540. The molecule has 0 amide bonds. The lowest BCUT2D eigenvalue weighted by Gasteiger charge is -1.98. The maximum Gasteiger partial charge on any atom is 0.128 e. The molecule has 4 aliphatic rings. The van der Waals surface area contributed by atoms with E-state index in [1.54, 1.807) is 0 Å². The van der Waals surface area contributed by atoms with Gasteiger partial charge in [0.05, 0.1) is 0 Å². The Morgan fingerprint density at radius 1 is 0.529 bits per heavy atom. The van der Waals surface area contributed by atoms with Gasteiger partial charge < -0.3 is 0 Å². The second kappa shape index (κ2) is 3.05. The predicted molar refractivity (Wildman–Crippen MR) is 73.4 cm³/mol. The number of fused-ring (bicyclic) bond motifs is 5. The summed E-state index contributed by atoms with van der Waals surface area (Å²) < 4.78 is -2.21. The van der Waals surface area contributed by atoms with Gasteiger partial charge >= 0.3 is 0 Å². The first kappa shape index (κ1) is 12.2. The van der Waals surface area contributed by atoms with Crippen LogP contribution in [0.4, 0.5) is 0 Å². The molecule has 0 spiro atoms. The quantitative estimate of drug-likeness (QED) is 0.433. The fourth-order valence-corrected chi connectivity index (χ4v) is 6.34. The lowest BCUT2D eigenvalue weighted by Crippen LogP contribution is -1.98. The maximum absolute atomic E-state index is 6.36. The van der Waals surface area contributed by atoms with Gasteiger partial charge in [-0.15, -0.1) is 69.6 Å². The Morgan fingerprint density at radius 2 is 0.882 bits per heavy atom. The van der Waals surface area contributed by atoms with Crippen molar-refractivity contribution in [1.29, 1.82) is 0 Å². The lowest BCUT2D eigenvalue weighted by atomic mass is 10.1. The molecule has 94 valence electrons. The van der Waals surface area contributed by atoms with E-state index < -0.39 is 13.0 Å². The summed E-state index contributed by atoms with van der Waals surface area (Å²) in [5, 5.41) is 0. The maximum atomic E-state index is 6.36. The van der Waals surface area contributed by atoms with Crippen LogP contribution in [0.3, 0.4) is 0 Å². The smallest absolute Gasteiger partial charge is 0.101 e. The summed E-state index contributed by atoms with van der Waals surface area (Å²) in [6.07, 6.45) is 4.07. The molecule has 3 fully saturated rings. The van der Waals surface area contributed by atoms with Gasteiger partial charge in [0.2, 0.25) is 0 Å². The Balaban J connectivity index is 1.75. The van der Waals surface area contributed by atoms with E-state index in [4.69, 9.17) is 69.6 Å². The van der Waals surface area contributed by atoms with E-state index in [-0.39, 0.29) is 35.5 Å². The minimum absolute atomic E-state index is 0.114. The highest BCUT2D eigenvalue weighted by Gasteiger charge is 2.85. The van der Waals surface area contributed by atoms with Crippen molar-refractivity contribution < 1.29 is 0 Å². The van der Waals surface area contributed by atoms with Gasteiger partial charge in [-0.3, -0.25) is 0 Å². The Bertz CT molecular complexity index is 401. The molecule has 3 saturated carbocycles. The normalized spacial score (nSPS) is 59.9. The average Bonchev–Trinajstić information content (AvgIpc) is 2.93. The van der Waals surface area contributed by atoms with Crippen LogP contribution < -0.4 is 0 Å². The van der Waals surface area contributed by atoms with E-state index in [0.29, 0.717) is 0 Å². The van der Waals surface area contributed by atoms with Crippen LogP contribution in [0.5, 0.6) is 0 Å². The number of halogens is 6. The molecule has 0 aromatic heterocycles. The summed E-state index contributed by atoms with van der Waals surface area (Å²) in [4.78, 5) is 0. The highest BCUT2D eigenvalue weighted by molar-refractivity contribution is 6.55. The molecule has 4 rings (SSSR count). The monoisotopic (exact) mass is 350 g/mol. The van der Waals surface area contributed by atoms with Crippen molar-refractivity contribution in [2.75, 3.05) is 0 Å². The van der Waals surface area contributed by atoms with Gasteiger partial charge in [-0.05, 0) is 0 Å².